The molecule has 0 saturated carbocycles. The maximum atomic E-state index is 3.56. The van der Waals surface area contributed by atoms with Crippen molar-refractivity contribution >= 4 is 12.4 Å². The molecule has 0 radical (unpaired) electrons. The quantitative estimate of drug-likeness (QED) is 0.856. The normalized spacial score (nSPS) is 14.1. The zero-order chi connectivity index (χ0) is 12.5. The number of aromatic amines is 1. The minimum Gasteiger partial charge on any atom is -0.358 e. The summed E-state index contributed by atoms with van der Waals surface area (Å²) in [6.45, 7) is 6.54. The van der Waals surface area contributed by atoms with Crippen molar-refractivity contribution < 1.29 is 0 Å². The highest BCUT2D eigenvalue weighted by Gasteiger charge is 2.12. The molecule has 3 rings (SSSR count). The number of hydrogen-bond donors (Lipinski definition) is 2. The molecule has 1 aromatic heterocycles. The highest BCUT2D eigenvalue weighted by molar-refractivity contribution is 5.85. The van der Waals surface area contributed by atoms with E-state index in [4.69, 9.17) is 0 Å². The molecule has 0 fully saturated rings. The monoisotopic (exact) mass is 276 g/mol. The highest BCUT2D eigenvalue weighted by Crippen LogP contribution is 2.25. The van der Waals surface area contributed by atoms with E-state index in [1.807, 2.05) is 0 Å². The predicted octanol–water partition coefficient (Wildman–Crippen LogP) is 3.87. The lowest BCUT2D eigenvalue weighted by atomic mass is 10.0. The van der Waals surface area contributed by atoms with Gasteiger partial charge in [-0.2, -0.15) is 0 Å². The maximum absolute atomic E-state index is 3.56. The van der Waals surface area contributed by atoms with Gasteiger partial charge in [-0.3, -0.25) is 0 Å². The summed E-state index contributed by atoms with van der Waals surface area (Å²) >= 11 is 0. The topological polar surface area (TPSA) is 27.8 Å². The van der Waals surface area contributed by atoms with Gasteiger partial charge >= 0.3 is 0 Å². The summed E-state index contributed by atoms with van der Waals surface area (Å²) in [6, 6.07) is 11.2. The second-order valence-electron chi connectivity index (χ2n) is 5.39. The van der Waals surface area contributed by atoms with Crippen LogP contribution in [0.15, 0.2) is 30.3 Å². The van der Waals surface area contributed by atoms with Crippen molar-refractivity contribution in [1.82, 2.24) is 10.3 Å². The molecule has 2 N–H and O–H groups in total. The van der Waals surface area contributed by atoms with Crippen molar-refractivity contribution in [2.45, 2.75) is 32.7 Å². The van der Waals surface area contributed by atoms with Gasteiger partial charge in [0.05, 0.1) is 0 Å². The Morgan fingerprint density at radius 1 is 1.11 bits per heavy atom. The molecule has 0 atom stereocenters. The van der Waals surface area contributed by atoms with Crippen molar-refractivity contribution in [2.24, 2.45) is 0 Å². The lowest BCUT2D eigenvalue weighted by molar-refractivity contribution is 0.638. The van der Waals surface area contributed by atoms with Crippen LogP contribution in [0.2, 0.25) is 0 Å². The van der Waals surface area contributed by atoms with Gasteiger partial charge < -0.3 is 10.3 Å². The van der Waals surface area contributed by atoms with E-state index < -0.39 is 0 Å². The summed E-state index contributed by atoms with van der Waals surface area (Å²) in [7, 11) is 0. The van der Waals surface area contributed by atoms with Gasteiger partial charge in [0.15, 0.2) is 0 Å². The Morgan fingerprint density at radius 3 is 2.47 bits per heavy atom. The maximum Gasteiger partial charge on any atom is 0.0459 e. The van der Waals surface area contributed by atoms with E-state index in [0.717, 1.165) is 19.5 Å². The number of H-pyrrole nitrogens is 1. The third kappa shape index (κ3) is 2.85. The van der Waals surface area contributed by atoms with Crippen LogP contribution in [0.4, 0.5) is 0 Å². The number of hydrogen-bond acceptors (Lipinski definition) is 1. The Bertz CT molecular complexity index is 517. The number of rotatable bonds is 2. The summed E-state index contributed by atoms with van der Waals surface area (Å²) < 4.78 is 0. The molecule has 2 heterocycles. The highest BCUT2D eigenvalue weighted by atomic mass is 35.5. The Hall–Kier alpha value is -1.25. The molecule has 102 valence electrons. The van der Waals surface area contributed by atoms with Crippen LogP contribution < -0.4 is 5.32 Å². The molecule has 0 spiro atoms. The van der Waals surface area contributed by atoms with Crippen LogP contribution >= 0.6 is 12.4 Å². The Kier molecular flexibility index (Phi) is 4.33. The number of fused-ring (bicyclic) bond motifs is 1. The standard InChI is InChI=1S/C16H20N2.ClH/c1-11(2)12-3-5-13(6-4-12)16-9-14-10-17-8-7-15(14)18-16;/h3-6,9,11,17-18H,7-8,10H2,1-2H3;1H. The fraction of sp³-hybridized carbons (Fsp3) is 0.375. The fourth-order valence-corrected chi connectivity index (χ4v) is 2.56. The first-order valence-electron chi connectivity index (χ1n) is 6.76. The lowest BCUT2D eigenvalue weighted by Gasteiger charge is -2.11. The molecule has 0 amide bonds. The minimum atomic E-state index is 0. The van der Waals surface area contributed by atoms with E-state index in [1.54, 1.807) is 0 Å². The van der Waals surface area contributed by atoms with Gasteiger partial charge in [0.2, 0.25) is 0 Å². The molecule has 2 nitrogen and oxygen atoms in total. The van der Waals surface area contributed by atoms with Crippen molar-refractivity contribution in [2.75, 3.05) is 6.54 Å². The molecule has 0 saturated heterocycles. The van der Waals surface area contributed by atoms with Crippen LogP contribution in [0.3, 0.4) is 0 Å². The Labute approximate surface area is 121 Å². The fourth-order valence-electron chi connectivity index (χ4n) is 2.56. The SMILES string of the molecule is CC(C)c1ccc(-c2cc3c([nH]2)CCNC3)cc1.Cl. The van der Waals surface area contributed by atoms with E-state index in [-0.39, 0.29) is 12.4 Å². The first kappa shape index (κ1) is 14.2. The van der Waals surface area contributed by atoms with Crippen LogP contribution in [-0.4, -0.2) is 11.5 Å². The van der Waals surface area contributed by atoms with Gasteiger partial charge in [-0.25, -0.2) is 0 Å². The number of benzene rings is 1. The number of aromatic nitrogens is 1. The third-order valence-corrected chi connectivity index (χ3v) is 3.75. The van der Waals surface area contributed by atoms with Gasteiger partial charge in [-0.15, -0.1) is 12.4 Å². The first-order chi connectivity index (χ1) is 8.74. The van der Waals surface area contributed by atoms with Crippen molar-refractivity contribution in [3.05, 3.63) is 47.2 Å². The van der Waals surface area contributed by atoms with Gasteiger partial charge in [0.1, 0.15) is 0 Å². The zero-order valence-corrected chi connectivity index (χ0v) is 12.3. The van der Waals surface area contributed by atoms with Crippen LogP contribution in [-0.2, 0) is 13.0 Å². The summed E-state index contributed by atoms with van der Waals surface area (Å²) in [6.07, 6.45) is 1.11. The molecule has 1 aromatic carbocycles. The van der Waals surface area contributed by atoms with Crippen LogP contribution in [0.5, 0.6) is 0 Å². The van der Waals surface area contributed by atoms with E-state index in [1.165, 1.54) is 28.1 Å². The number of halogens is 1. The van der Waals surface area contributed by atoms with Gasteiger partial charge in [0, 0.05) is 30.9 Å². The molecular formula is C16H21ClN2. The van der Waals surface area contributed by atoms with Crippen molar-refractivity contribution in [3.8, 4) is 11.3 Å². The summed E-state index contributed by atoms with van der Waals surface area (Å²) in [4.78, 5) is 3.56. The van der Waals surface area contributed by atoms with Crippen LogP contribution in [0, 0.1) is 0 Å². The lowest BCUT2D eigenvalue weighted by Crippen LogP contribution is -2.22. The average molecular weight is 277 g/mol. The van der Waals surface area contributed by atoms with Gasteiger partial charge in [-0.1, -0.05) is 38.1 Å². The van der Waals surface area contributed by atoms with E-state index in [9.17, 15) is 0 Å². The number of nitrogens with one attached hydrogen (secondary N) is 2. The molecule has 0 bridgehead atoms. The predicted molar refractivity (Wildman–Crippen MR) is 83.0 cm³/mol. The van der Waals surface area contributed by atoms with E-state index in [0.29, 0.717) is 5.92 Å². The molecule has 1 aliphatic rings. The second kappa shape index (κ2) is 5.81. The molecule has 1 aliphatic heterocycles. The molecule has 3 heteroatoms. The minimum absolute atomic E-state index is 0. The zero-order valence-electron chi connectivity index (χ0n) is 11.5. The van der Waals surface area contributed by atoms with E-state index in [2.05, 4.69) is 54.5 Å². The van der Waals surface area contributed by atoms with E-state index >= 15 is 0 Å². The summed E-state index contributed by atoms with van der Waals surface area (Å²) in [5.74, 6) is 0.597. The second-order valence-corrected chi connectivity index (χ2v) is 5.39. The van der Waals surface area contributed by atoms with Crippen molar-refractivity contribution in [1.29, 1.82) is 0 Å². The summed E-state index contributed by atoms with van der Waals surface area (Å²) in [5.41, 5.74) is 6.76. The largest absolute Gasteiger partial charge is 0.358 e. The molecule has 0 unspecified atom stereocenters. The smallest absolute Gasteiger partial charge is 0.0459 e. The summed E-state index contributed by atoms with van der Waals surface area (Å²) in [5, 5.41) is 3.41. The Morgan fingerprint density at radius 2 is 1.84 bits per heavy atom. The molecular weight excluding hydrogens is 256 g/mol. The van der Waals surface area contributed by atoms with Gasteiger partial charge in [-0.05, 0) is 28.7 Å². The Balaban J connectivity index is 0.00000133. The molecule has 19 heavy (non-hydrogen) atoms. The molecule has 2 aromatic rings. The van der Waals surface area contributed by atoms with Crippen molar-refractivity contribution in [3.63, 3.8) is 0 Å². The first-order valence-corrected chi connectivity index (χ1v) is 6.76. The van der Waals surface area contributed by atoms with Gasteiger partial charge in [0.25, 0.3) is 0 Å². The molecule has 0 aliphatic carbocycles. The average Bonchev–Trinajstić information content (AvgIpc) is 2.82. The third-order valence-electron chi connectivity index (χ3n) is 3.75. The van der Waals surface area contributed by atoms with Crippen LogP contribution in [0.1, 0.15) is 36.6 Å². The van der Waals surface area contributed by atoms with Crippen LogP contribution in [0.25, 0.3) is 11.3 Å².